The summed E-state index contributed by atoms with van der Waals surface area (Å²) in [6, 6.07) is 48.6. The van der Waals surface area contributed by atoms with Crippen LogP contribution in [0.2, 0.25) is 0 Å². The van der Waals surface area contributed by atoms with Crippen LogP contribution in [0.15, 0.2) is 175 Å². The summed E-state index contributed by atoms with van der Waals surface area (Å²) >= 11 is 0. The van der Waals surface area contributed by atoms with E-state index in [4.69, 9.17) is 33.6 Å². The molecule has 0 fully saturated rings. The van der Waals surface area contributed by atoms with Crippen LogP contribution in [0.5, 0.6) is 46.0 Å². The standard InChI is InChI=1S/C64H46B2N4O5/c1-35-21-37(3)61(38(4)22-35)44-30-67-69(32-44)46-15-19-54-50(28-46)65-48-25-41(13-17-52(48)72-56-9-7-11-58(74-54)63(56)65)43-27-60(71-34-43)42-14-18-53-49(26-42)66-51-29-47(16-20-55(51)75-59-12-8-10-57(73-53)64(59)66)70-33-45(31-68-70)62-39(5)23-36(2)24-40(62)6/h7-34H,1-6H3. The van der Waals surface area contributed by atoms with Gasteiger partial charge >= 0.3 is 0 Å². The Morgan fingerprint density at radius 1 is 0.373 bits per heavy atom. The van der Waals surface area contributed by atoms with E-state index in [0.29, 0.717) is 0 Å². The number of furan rings is 1. The largest absolute Gasteiger partial charge is 0.464 e. The van der Waals surface area contributed by atoms with Gasteiger partial charge in [-0.3, -0.25) is 0 Å². The van der Waals surface area contributed by atoms with E-state index in [2.05, 4.69) is 157 Å². The Morgan fingerprint density at radius 3 is 1.23 bits per heavy atom. The molecule has 4 aliphatic rings. The fraction of sp³-hybridized carbons (Fsp3) is 0.0938. The highest BCUT2D eigenvalue weighted by molar-refractivity contribution is 6.99. The minimum Gasteiger partial charge on any atom is -0.464 e. The molecule has 0 unspecified atom stereocenters. The molecule has 9 nitrogen and oxygen atoms in total. The molecule has 0 N–H and O–H groups in total. The van der Waals surface area contributed by atoms with Gasteiger partial charge in [0, 0.05) is 45.6 Å². The second-order valence-electron chi connectivity index (χ2n) is 20.7. The maximum Gasteiger partial charge on any atom is 0.260 e. The lowest BCUT2D eigenvalue weighted by Crippen LogP contribution is -2.57. The maximum absolute atomic E-state index is 6.66. The highest BCUT2D eigenvalue weighted by atomic mass is 16.5. The average molecular weight is 973 g/mol. The Balaban J connectivity index is 0.778. The number of benzene rings is 8. The Morgan fingerprint density at radius 2 is 0.773 bits per heavy atom. The summed E-state index contributed by atoms with van der Waals surface area (Å²) in [4.78, 5) is 0. The number of nitrogens with zero attached hydrogens (tertiary/aromatic N) is 4. The van der Waals surface area contributed by atoms with Gasteiger partial charge in [-0.15, -0.1) is 0 Å². The monoisotopic (exact) mass is 972 g/mol. The van der Waals surface area contributed by atoms with Crippen molar-refractivity contribution in [3.8, 4) is 102 Å². The second-order valence-corrected chi connectivity index (χ2v) is 20.7. The van der Waals surface area contributed by atoms with Crippen LogP contribution in [-0.2, 0) is 0 Å². The van der Waals surface area contributed by atoms with E-state index >= 15 is 0 Å². The summed E-state index contributed by atoms with van der Waals surface area (Å²) in [5.41, 5.74) is 23.0. The van der Waals surface area contributed by atoms with Crippen LogP contribution in [0.25, 0.3) is 56.1 Å². The molecule has 0 spiro atoms. The second kappa shape index (κ2) is 16.1. The summed E-state index contributed by atoms with van der Waals surface area (Å²) in [6.07, 6.45) is 10.0. The molecule has 4 aliphatic heterocycles. The third kappa shape index (κ3) is 6.80. The lowest BCUT2D eigenvalue weighted by molar-refractivity contribution is 0.464. The molecular formula is C64H46B2N4O5. The van der Waals surface area contributed by atoms with Gasteiger partial charge in [0.1, 0.15) is 51.8 Å². The summed E-state index contributed by atoms with van der Waals surface area (Å²) in [7, 11) is 0. The molecule has 75 heavy (non-hydrogen) atoms. The molecule has 11 aromatic rings. The molecule has 3 aromatic heterocycles. The van der Waals surface area contributed by atoms with Crippen molar-refractivity contribution in [1.82, 2.24) is 19.6 Å². The van der Waals surface area contributed by atoms with Crippen molar-refractivity contribution < 1.29 is 23.4 Å². The predicted molar refractivity (Wildman–Crippen MR) is 298 cm³/mol. The van der Waals surface area contributed by atoms with Crippen molar-refractivity contribution in [3.63, 3.8) is 0 Å². The molecule has 0 saturated heterocycles. The van der Waals surface area contributed by atoms with Crippen LogP contribution in [0.1, 0.15) is 33.4 Å². The molecule has 7 heterocycles. The zero-order valence-corrected chi connectivity index (χ0v) is 42.2. The molecular weight excluding hydrogens is 926 g/mol. The lowest BCUT2D eigenvalue weighted by atomic mass is 9.34. The van der Waals surface area contributed by atoms with Crippen LogP contribution in [0.4, 0.5) is 0 Å². The van der Waals surface area contributed by atoms with Gasteiger partial charge in [-0.1, -0.05) is 65.7 Å². The normalized spacial score (nSPS) is 13.0. The van der Waals surface area contributed by atoms with Gasteiger partial charge in [0.2, 0.25) is 0 Å². The van der Waals surface area contributed by atoms with Gasteiger partial charge in [0.25, 0.3) is 13.4 Å². The SMILES string of the molecule is Cc1cc(C)c(-c2cnn(-c3ccc4c(c3)B3c5cc(-c6coc(-c7ccc8c(c7)B7c9cc(-n%10cc(-c%11c(C)cc(C)cc%11C)cn%10)ccc9Oc9cccc(c97)O8)c6)ccc5Oc5cccc(c53)O4)c2)c(C)c1. The molecule has 0 amide bonds. The third-order valence-electron chi connectivity index (χ3n) is 15.6. The fourth-order valence-corrected chi connectivity index (χ4v) is 12.6. The molecule has 358 valence electrons. The first-order valence-electron chi connectivity index (χ1n) is 25.5. The quantitative estimate of drug-likeness (QED) is 0.153. The summed E-state index contributed by atoms with van der Waals surface area (Å²) in [6.45, 7) is 12.6. The number of fused-ring (bicyclic) bond motifs is 8. The van der Waals surface area contributed by atoms with Crippen molar-refractivity contribution >= 4 is 46.2 Å². The van der Waals surface area contributed by atoms with Crippen LogP contribution in [0.3, 0.4) is 0 Å². The number of hydrogen-bond donors (Lipinski definition) is 0. The highest BCUT2D eigenvalue weighted by Gasteiger charge is 2.42. The van der Waals surface area contributed by atoms with Gasteiger partial charge in [-0.2, -0.15) is 10.2 Å². The fourth-order valence-electron chi connectivity index (χ4n) is 12.6. The van der Waals surface area contributed by atoms with E-state index in [-0.39, 0.29) is 13.4 Å². The van der Waals surface area contributed by atoms with Crippen molar-refractivity contribution in [2.45, 2.75) is 41.5 Å². The number of hydrogen-bond acceptors (Lipinski definition) is 7. The zero-order valence-electron chi connectivity index (χ0n) is 42.2. The minimum absolute atomic E-state index is 0.153. The van der Waals surface area contributed by atoms with Crippen LogP contribution in [0, 0.1) is 41.5 Å². The number of aromatic nitrogens is 4. The van der Waals surface area contributed by atoms with Gasteiger partial charge in [-0.05, 0) is 187 Å². The molecule has 0 atom stereocenters. The molecule has 0 bridgehead atoms. The Kier molecular flexibility index (Phi) is 9.34. The number of rotatable bonds is 6. The van der Waals surface area contributed by atoms with Crippen LogP contribution >= 0.6 is 0 Å². The number of aryl methyl sites for hydroxylation is 6. The van der Waals surface area contributed by atoms with Crippen LogP contribution < -0.4 is 51.7 Å². The van der Waals surface area contributed by atoms with Crippen molar-refractivity contribution in [2.24, 2.45) is 0 Å². The van der Waals surface area contributed by atoms with E-state index in [1.54, 1.807) is 0 Å². The number of ether oxygens (including phenoxy) is 4. The summed E-state index contributed by atoms with van der Waals surface area (Å²) in [5, 5.41) is 9.77. The lowest BCUT2D eigenvalue weighted by Gasteiger charge is -2.33. The first-order valence-corrected chi connectivity index (χ1v) is 25.5. The molecule has 11 heteroatoms. The minimum atomic E-state index is -0.164. The van der Waals surface area contributed by atoms with E-state index in [9.17, 15) is 0 Å². The average Bonchev–Trinajstić information content (AvgIpc) is 4.22. The molecule has 15 rings (SSSR count). The van der Waals surface area contributed by atoms with E-state index in [1.165, 1.54) is 44.5 Å². The highest BCUT2D eigenvalue weighted by Crippen LogP contribution is 2.40. The topological polar surface area (TPSA) is 85.7 Å². The van der Waals surface area contributed by atoms with Gasteiger partial charge < -0.3 is 23.4 Å². The smallest absolute Gasteiger partial charge is 0.260 e. The first-order chi connectivity index (χ1) is 36.6. The van der Waals surface area contributed by atoms with Crippen LogP contribution in [-0.4, -0.2) is 33.0 Å². The predicted octanol–water partition coefficient (Wildman–Crippen LogP) is 11.6. The van der Waals surface area contributed by atoms with Gasteiger partial charge in [0.15, 0.2) is 0 Å². The Hall–Kier alpha value is -9.21. The zero-order chi connectivity index (χ0) is 50.4. The summed E-state index contributed by atoms with van der Waals surface area (Å²) < 4.78 is 37.0. The van der Waals surface area contributed by atoms with Gasteiger partial charge in [0.05, 0.1) is 30.0 Å². The van der Waals surface area contributed by atoms with Crippen molar-refractivity contribution in [1.29, 1.82) is 0 Å². The van der Waals surface area contributed by atoms with E-state index in [0.717, 1.165) is 124 Å². The Labute approximate surface area is 434 Å². The molecule has 0 aliphatic carbocycles. The van der Waals surface area contributed by atoms with E-state index in [1.807, 2.05) is 64.4 Å². The van der Waals surface area contributed by atoms with Crippen molar-refractivity contribution in [3.05, 3.63) is 204 Å². The first kappa shape index (κ1) is 43.4. The maximum atomic E-state index is 6.66. The summed E-state index contributed by atoms with van der Waals surface area (Å²) in [5.74, 6) is 7.11. The molecule has 0 saturated carbocycles. The van der Waals surface area contributed by atoms with Gasteiger partial charge in [-0.25, -0.2) is 9.36 Å². The Bertz CT molecular complexity index is 3920. The third-order valence-corrected chi connectivity index (χ3v) is 15.6. The molecule has 8 aromatic carbocycles. The molecule has 0 radical (unpaired) electrons. The van der Waals surface area contributed by atoms with Crippen molar-refractivity contribution in [2.75, 3.05) is 0 Å². The van der Waals surface area contributed by atoms with E-state index < -0.39 is 0 Å².